The summed E-state index contributed by atoms with van der Waals surface area (Å²) in [6.45, 7) is 10.4. The summed E-state index contributed by atoms with van der Waals surface area (Å²) in [6.07, 6.45) is 4.40. The van der Waals surface area contributed by atoms with E-state index in [2.05, 4.69) is 15.1 Å². The summed E-state index contributed by atoms with van der Waals surface area (Å²) in [6, 6.07) is 0. The van der Waals surface area contributed by atoms with Crippen molar-refractivity contribution in [3.05, 3.63) is 0 Å². The van der Waals surface area contributed by atoms with Crippen molar-refractivity contribution >= 4 is 0 Å². The van der Waals surface area contributed by atoms with Crippen LogP contribution < -0.4 is 5.32 Å². The van der Waals surface area contributed by atoms with E-state index in [1.807, 2.05) is 0 Å². The highest BCUT2D eigenvalue weighted by Crippen LogP contribution is 2.52. The summed E-state index contributed by atoms with van der Waals surface area (Å²) in [5.74, 6) is 0. The molecule has 1 N–H and O–H groups in total. The van der Waals surface area contributed by atoms with Crippen molar-refractivity contribution in [1.29, 1.82) is 0 Å². The second kappa shape index (κ2) is 4.04. The van der Waals surface area contributed by atoms with Gasteiger partial charge in [-0.15, -0.1) is 0 Å². The minimum atomic E-state index is 0.842. The number of hydrogen-bond donors (Lipinski definition) is 1. The van der Waals surface area contributed by atoms with Crippen molar-refractivity contribution in [3.63, 3.8) is 0 Å². The van der Waals surface area contributed by atoms with E-state index >= 15 is 0 Å². The van der Waals surface area contributed by atoms with E-state index in [4.69, 9.17) is 0 Å². The van der Waals surface area contributed by atoms with Crippen LogP contribution >= 0.6 is 0 Å². The molecule has 0 amide bonds. The molecule has 15 heavy (non-hydrogen) atoms. The molecular formula is C12H23N3. The zero-order chi connectivity index (χ0) is 10.1. The fraction of sp³-hybridized carbons (Fsp3) is 1.00. The molecule has 0 unspecified atom stereocenters. The lowest BCUT2D eigenvalue weighted by molar-refractivity contribution is 0.0759. The van der Waals surface area contributed by atoms with Crippen LogP contribution in [0.2, 0.25) is 0 Å². The van der Waals surface area contributed by atoms with Crippen molar-refractivity contribution < 1.29 is 0 Å². The molecule has 2 heterocycles. The first kappa shape index (κ1) is 10.1. The van der Waals surface area contributed by atoms with Gasteiger partial charge in [0, 0.05) is 39.3 Å². The summed E-state index contributed by atoms with van der Waals surface area (Å²) in [7, 11) is 0. The average Bonchev–Trinajstić information content (AvgIpc) is 2.99. The molecule has 86 valence electrons. The molecule has 2 aliphatic heterocycles. The lowest BCUT2D eigenvalue weighted by Gasteiger charge is -2.40. The van der Waals surface area contributed by atoms with E-state index in [0.717, 1.165) is 5.41 Å². The van der Waals surface area contributed by atoms with E-state index in [1.54, 1.807) is 0 Å². The number of hydrogen-bond acceptors (Lipinski definition) is 3. The third-order valence-corrected chi connectivity index (χ3v) is 4.23. The van der Waals surface area contributed by atoms with Crippen LogP contribution in [0.25, 0.3) is 0 Å². The third-order valence-electron chi connectivity index (χ3n) is 4.23. The summed E-state index contributed by atoms with van der Waals surface area (Å²) < 4.78 is 0. The molecule has 3 fully saturated rings. The van der Waals surface area contributed by atoms with Gasteiger partial charge >= 0.3 is 0 Å². The zero-order valence-corrected chi connectivity index (χ0v) is 9.67. The van der Waals surface area contributed by atoms with Crippen LogP contribution in [0.5, 0.6) is 0 Å². The van der Waals surface area contributed by atoms with Gasteiger partial charge in [-0.2, -0.15) is 0 Å². The van der Waals surface area contributed by atoms with Crippen LogP contribution in [-0.2, 0) is 0 Å². The Bertz CT molecular complexity index is 211. The Morgan fingerprint density at radius 1 is 0.933 bits per heavy atom. The number of likely N-dealkylation sites (tertiary alicyclic amines) is 1. The van der Waals surface area contributed by atoms with Gasteiger partial charge in [-0.1, -0.05) is 0 Å². The van der Waals surface area contributed by atoms with Gasteiger partial charge in [0.2, 0.25) is 0 Å². The summed E-state index contributed by atoms with van der Waals surface area (Å²) in [4.78, 5) is 5.25. The molecule has 3 aliphatic rings. The number of rotatable bonds is 4. The first-order valence-corrected chi connectivity index (χ1v) is 6.52. The van der Waals surface area contributed by atoms with Crippen LogP contribution in [-0.4, -0.2) is 62.2 Å². The van der Waals surface area contributed by atoms with Gasteiger partial charge in [-0.05, 0) is 37.8 Å². The van der Waals surface area contributed by atoms with Gasteiger partial charge in [0.1, 0.15) is 0 Å². The Morgan fingerprint density at radius 2 is 1.60 bits per heavy atom. The summed E-state index contributed by atoms with van der Waals surface area (Å²) >= 11 is 0. The van der Waals surface area contributed by atoms with Gasteiger partial charge in [0.15, 0.2) is 0 Å². The lowest BCUT2D eigenvalue weighted by atomic mass is 9.97. The molecule has 3 rings (SSSR count). The highest BCUT2D eigenvalue weighted by atomic mass is 15.2. The fourth-order valence-electron chi connectivity index (χ4n) is 3.01. The van der Waals surface area contributed by atoms with Gasteiger partial charge in [-0.25, -0.2) is 0 Å². The summed E-state index contributed by atoms with van der Waals surface area (Å²) in [5.41, 5.74) is 0.842. The van der Waals surface area contributed by atoms with Crippen LogP contribution in [0.4, 0.5) is 0 Å². The minimum absolute atomic E-state index is 0.842. The average molecular weight is 209 g/mol. The molecule has 0 aromatic heterocycles. The van der Waals surface area contributed by atoms with Crippen molar-refractivity contribution in [1.82, 2.24) is 15.1 Å². The molecular weight excluding hydrogens is 186 g/mol. The Labute approximate surface area is 92.8 Å². The maximum absolute atomic E-state index is 3.40. The molecule has 0 atom stereocenters. The van der Waals surface area contributed by atoms with Crippen LogP contribution in [0.3, 0.4) is 0 Å². The second-order valence-electron chi connectivity index (χ2n) is 5.66. The molecule has 0 bridgehead atoms. The quantitative estimate of drug-likeness (QED) is 0.722. The first-order chi connectivity index (χ1) is 7.36. The molecule has 3 nitrogen and oxygen atoms in total. The third kappa shape index (κ3) is 2.35. The molecule has 1 saturated carbocycles. The Morgan fingerprint density at radius 3 is 2.27 bits per heavy atom. The highest BCUT2D eigenvalue weighted by molar-refractivity contribution is 5.04. The normalized spacial score (nSPS) is 30.4. The van der Waals surface area contributed by atoms with E-state index in [-0.39, 0.29) is 0 Å². The molecule has 0 aromatic carbocycles. The zero-order valence-electron chi connectivity index (χ0n) is 9.67. The minimum Gasteiger partial charge on any atom is -0.314 e. The fourth-order valence-corrected chi connectivity index (χ4v) is 3.01. The van der Waals surface area contributed by atoms with Gasteiger partial charge in [0.25, 0.3) is 0 Å². The topological polar surface area (TPSA) is 18.5 Å². The molecule has 1 aliphatic carbocycles. The van der Waals surface area contributed by atoms with Crippen LogP contribution in [0, 0.1) is 5.41 Å². The highest BCUT2D eigenvalue weighted by Gasteiger charge is 2.51. The first-order valence-electron chi connectivity index (χ1n) is 6.52. The smallest absolute Gasteiger partial charge is 0.0107 e. The number of nitrogens with one attached hydrogen (secondary N) is 1. The number of nitrogens with zero attached hydrogens (tertiary/aromatic N) is 2. The Kier molecular flexibility index (Phi) is 2.71. The predicted molar refractivity (Wildman–Crippen MR) is 62.0 cm³/mol. The second-order valence-corrected chi connectivity index (χ2v) is 5.66. The van der Waals surface area contributed by atoms with Crippen molar-refractivity contribution in [2.45, 2.75) is 19.3 Å². The molecule has 0 aromatic rings. The van der Waals surface area contributed by atoms with E-state index < -0.39 is 0 Å². The van der Waals surface area contributed by atoms with Crippen LogP contribution in [0.15, 0.2) is 0 Å². The maximum Gasteiger partial charge on any atom is 0.0107 e. The SMILES string of the molecule is C(CN1CCNCC1)CN1CC2(CC2)C1. The molecule has 0 radical (unpaired) electrons. The van der Waals surface area contributed by atoms with E-state index in [1.165, 1.54) is 71.6 Å². The maximum atomic E-state index is 3.40. The largest absolute Gasteiger partial charge is 0.314 e. The van der Waals surface area contributed by atoms with Crippen molar-refractivity contribution in [2.24, 2.45) is 5.41 Å². The van der Waals surface area contributed by atoms with Crippen molar-refractivity contribution in [2.75, 3.05) is 52.4 Å². The number of piperazine rings is 1. The molecule has 3 heteroatoms. The predicted octanol–water partition coefficient (Wildman–Crippen LogP) is 0.378. The molecule has 2 saturated heterocycles. The van der Waals surface area contributed by atoms with Crippen molar-refractivity contribution in [3.8, 4) is 0 Å². The van der Waals surface area contributed by atoms with E-state index in [0.29, 0.717) is 0 Å². The van der Waals surface area contributed by atoms with Gasteiger partial charge < -0.3 is 15.1 Å². The standard InChI is InChI=1S/C12H23N3/c1(6-14-8-4-13-5-9-14)7-15-10-12(11-15)2-3-12/h13H,1-11H2. The van der Waals surface area contributed by atoms with Crippen LogP contribution in [0.1, 0.15) is 19.3 Å². The van der Waals surface area contributed by atoms with Gasteiger partial charge in [0.05, 0.1) is 0 Å². The Balaban J connectivity index is 1.27. The van der Waals surface area contributed by atoms with Gasteiger partial charge in [-0.3, -0.25) is 0 Å². The molecule has 1 spiro atoms. The lowest BCUT2D eigenvalue weighted by Crippen LogP contribution is -2.49. The monoisotopic (exact) mass is 209 g/mol. The Hall–Kier alpha value is -0.120. The van der Waals surface area contributed by atoms with E-state index in [9.17, 15) is 0 Å². The summed E-state index contributed by atoms with van der Waals surface area (Å²) in [5, 5.41) is 3.40.